The molecule has 1 aromatic carbocycles. The predicted octanol–water partition coefficient (Wildman–Crippen LogP) is 4.27. The maximum absolute atomic E-state index is 4.32. The van der Waals surface area contributed by atoms with Gasteiger partial charge in [-0.1, -0.05) is 6.07 Å². The van der Waals surface area contributed by atoms with E-state index in [0.717, 1.165) is 27.0 Å². The summed E-state index contributed by atoms with van der Waals surface area (Å²) in [4.78, 5) is 5.58. The zero-order chi connectivity index (χ0) is 12.3. The summed E-state index contributed by atoms with van der Waals surface area (Å²) >= 11 is 8.70. The average Bonchev–Trinajstić information content (AvgIpc) is 2.70. The van der Waals surface area contributed by atoms with Crippen LogP contribution in [0.25, 0.3) is 0 Å². The Hall–Kier alpha value is -0.230. The molecule has 2 nitrogen and oxygen atoms in total. The van der Waals surface area contributed by atoms with Crippen molar-refractivity contribution >= 4 is 43.2 Å². The van der Waals surface area contributed by atoms with E-state index in [2.05, 4.69) is 67.3 Å². The standard InChI is InChI=1S/C12H12Br2N2S/c1-8-5-16-12(17-8)7-15-6-9-2-3-10(13)11(14)4-9/h2-5,15H,6-7H2,1H3. The molecule has 0 radical (unpaired) electrons. The van der Waals surface area contributed by atoms with Gasteiger partial charge in [0, 0.05) is 33.1 Å². The molecule has 5 heteroatoms. The molecule has 17 heavy (non-hydrogen) atoms. The number of hydrogen-bond acceptors (Lipinski definition) is 3. The molecule has 1 aromatic heterocycles. The molecule has 1 N–H and O–H groups in total. The van der Waals surface area contributed by atoms with Crippen LogP contribution in [-0.4, -0.2) is 4.98 Å². The Kier molecular flexibility index (Phi) is 4.73. The third-order valence-electron chi connectivity index (χ3n) is 2.26. The van der Waals surface area contributed by atoms with Gasteiger partial charge in [-0.2, -0.15) is 0 Å². The first-order valence-electron chi connectivity index (χ1n) is 5.21. The van der Waals surface area contributed by atoms with Crippen LogP contribution in [0.5, 0.6) is 0 Å². The summed E-state index contributed by atoms with van der Waals surface area (Å²) in [5.74, 6) is 0. The van der Waals surface area contributed by atoms with Gasteiger partial charge in [-0.05, 0) is 56.5 Å². The van der Waals surface area contributed by atoms with E-state index in [4.69, 9.17) is 0 Å². The van der Waals surface area contributed by atoms with Gasteiger partial charge in [0.05, 0.1) is 0 Å². The number of nitrogens with one attached hydrogen (secondary N) is 1. The van der Waals surface area contributed by atoms with Crippen LogP contribution in [-0.2, 0) is 13.1 Å². The van der Waals surface area contributed by atoms with Crippen molar-refractivity contribution in [2.24, 2.45) is 0 Å². The first kappa shape index (κ1) is 13.2. The van der Waals surface area contributed by atoms with Gasteiger partial charge < -0.3 is 5.32 Å². The van der Waals surface area contributed by atoms with Gasteiger partial charge in [-0.25, -0.2) is 4.98 Å². The lowest BCUT2D eigenvalue weighted by atomic mass is 10.2. The van der Waals surface area contributed by atoms with Crippen LogP contribution < -0.4 is 5.32 Å². The summed E-state index contributed by atoms with van der Waals surface area (Å²) in [6, 6.07) is 6.27. The molecule has 0 aliphatic heterocycles. The van der Waals surface area contributed by atoms with Gasteiger partial charge in [0.1, 0.15) is 5.01 Å². The third kappa shape index (κ3) is 3.88. The highest BCUT2D eigenvalue weighted by atomic mass is 79.9. The highest BCUT2D eigenvalue weighted by Crippen LogP contribution is 2.23. The van der Waals surface area contributed by atoms with Crippen LogP contribution in [0.1, 0.15) is 15.4 Å². The molecule has 0 amide bonds. The molecule has 2 aromatic rings. The second kappa shape index (κ2) is 6.09. The van der Waals surface area contributed by atoms with E-state index in [0.29, 0.717) is 0 Å². The second-order valence-corrected chi connectivity index (χ2v) is 6.74. The van der Waals surface area contributed by atoms with E-state index >= 15 is 0 Å². The first-order chi connectivity index (χ1) is 8.15. The third-order valence-corrected chi connectivity index (χ3v) is 5.05. The molecule has 0 saturated carbocycles. The molecule has 90 valence electrons. The normalized spacial score (nSPS) is 10.8. The number of halogens is 2. The minimum Gasteiger partial charge on any atom is -0.306 e. The van der Waals surface area contributed by atoms with Crippen molar-refractivity contribution in [3.05, 3.63) is 48.8 Å². The molecule has 0 atom stereocenters. The Morgan fingerprint density at radius 1 is 1.24 bits per heavy atom. The van der Waals surface area contributed by atoms with Crippen molar-refractivity contribution in [1.29, 1.82) is 0 Å². The molecule has 1 heterocycles. The number of thiazole rings is 1. The van der Waals surface area contributed by atoms with Gasteiger partial charge in [0.2, 0.25) is 0 Å². The minimum absolute atomic E-state index is 0.826. The number of hydrogen-bond donors (Lipinski definition) is 1. The highest BCUT2D eigenvalue weighted by Gasteiger charge is 2.00. The molecule has 0 aliphatic rings. The lowest BCUT2D eigenvalue weighted by Crippen LogP contribution is -2.12. The number of aromatic nitrogens is 1. The molecular formula is C12H12Br2N2S. The quantitative estimate of drug-likeness (QED) is 0.863. The van der Waals surface area contributed by atoms with Crippen molar-refractivity contribution < 1.29 is 0 Å². The summed E-state index contributed by atoms with van der Waals surface area (Å²) in [5.41, 5.74) is 1.26. The summed E-state index contributed by atoms with van der Waals surface area (Å²) in [5, 5.41) is 4.53. The lowest BCUT2D eigenvalue weighted by Gasteiger charge is -2.04. The summed E-state index contributed by atoms with van der Waals surface area (Å²) < 4.78 is 2.17. The summed E-state index contributed by atoms with van der Waals surface area (Å²) in [6.07, 6.45) is 1.91. The van der Waals surface area contributed by atoms with Crippen molar-refractivity contribution in [3.63, 3.8) is 0 Å². The number of aryl methyl sites for hydroxylation is 1. The largest absolute Gasteiger partial charge is 0.306 e. The van der Waals surface area contributed by atoms with Crippen molar-refractivity contribution in [3.8, 4) is 0 Å². The Balaban J connectivity index is 1.87. The maximum atomic E-state index is 4.32. The van der Waals surface area contributed by atoms with Crippen LogP contribution in [0.4, 0.5) is 0 Å². The fraction of sp³-hybridized carbons (Fsp3) is 0.250. The zero-order valence-corrected chi connectivity index (χ0v) is 13.3. The van der Waals surface area contributed by atoms with Crippen LogP contribution in [0.3, 0.4) is 0 Å². The summed E-state index contributed by atoms with van der Waals surface area (Å²) in [7, 11) is 0. The Labute approximate surface area is 122 Å². The predicted molar refractivity (Wildman–Crippen MR) is 79.2 cm³/mol. The van der Waals surface area contributed by atoms with Crippen molar-refractivity contribution in [2.75, 3.05) is 0 Å². The zero-order valence-electron chi connectivity index (χ0n) is 9.34. The molecule has 0 unspecified atom stereocenters. The minimum atomic E-state index is 0.826. The molecule has 2 rings (SSSR count). The van der Waals surface area contributed by atoms with E-state index in [-0.39, 0.29) is 0 Å². The molecular weight excluding hydrogens is 364 g/mol. The van der Waals surface area contributed by atoms with E-state index in [1.54, 1.807) is 11.3 Å². The average molecular weight is 376 g/mol. The smallest absolute Gasteiger partial charge is 0.107 e. The number of rotatable bonds is 4. The number of benzene rings is 1. The van der Waals surface area contributed by atoms with Crippen LogP contribution in [0.2, 0.25) is 0 Å². The van der Waals surface area contributed by atoms with E-state index in [1.807, 2.05) is 6.20 Å². The Morgan fingerprint density at radius 2 is 2.06 bits per heavy atom. The second-order valence-electron chi connectivity index (χ2n) is 3.72. The number of nitrogens with zero attached hydrogens (tertiary/aromatic N) is 1. The van der Waals surface area contributed by atoms with Gasteiger partial charge in [-0.15, -0.1) is 11.3 Å². The molecule has 0 fully saturated rings. The van der Waals surface area contributed by atoms with E-state index in [9.17, 15) is 0 Å². The van der Waals surface area contributed by atoms with E-state index < -0.39 is 0 Å². The van der Waals surface area contributed by atoms with E-state index in [1.165, 1.54) is 10.4 Å². The molecule has 0 spiro atoms. The van der Waals surface area contributed by atoms with Gasteiger partial charge in [0.25, 0.3) is 0 Å². The molecule has 0 bridgehead atoms. The van der Waals surface area contributed by atoms with Crippen molar-refractivity contribution in [1.82, 2.24) is 10.3 Å². The van der Waals surface area contributed by atoms with Crippen LogP contribution in [0.15, 0.2) is 33.3 Å². The highest BCUT2D eigenvalue weighted by molar-refractivity contribution is 9.13. The Bertz CT molecular complexity index is 511. The fourth-order valence-electron chi connectivity index (χ4n) is 1.45. The van der Waals surface area contributed by atoms with Gasteiger partial charge in [0.15, 0.2) is 0 Å². The molecule has 0 aliphatic carbocycles. The molecule has 0 saturated heterocycles. The van der Waals surface area contributed by atoms with Crippen LogP contribution >= 0.6 is 43.2 Å². The van der Waals surface area contributed by atoms with Gasteiger partial charge in [-0.3, -0.25) is 0 Å². The first-order valence-corrected chi connectivity index (χ1v) is 7.61. The fourth-order valence-corrected chi connectivity index (χ4v) is 2.88. The Morgan fingerprint density at radius 3 is 2.71 bits per heavy atom. The summed E-state index contributed by atoms with van der Waals surface area (Å²) in [6.45, 7) is 3.75. The SMILES string of the molecule is Cc1cnc(CNCc2ccc(Br)c(Br)c2)s1. The maximum Gasteiger partial charge on any atom is 0.107 e. The monoisotopic (exact) mass is 374 g/mol. The van der Waals surface area contributed by atoms with Gasteiger partial charge >= 0.3 is 0 Å². The van der Waals surface area contributed by atoms with Crippen molar-refractivity contribution in [2.45, 2.75) is 20.0 Å². The van der Waals surface area contributed by atoms with Crippen LogP contribution in [0, 0.1) is 6.92 Å². The lowest BCUT2D eigenvalue weighted by molar-refractivity contribution is 0.689. The topological polar surface area (TPSA) is 24.9 Å².